The lowest BCUT2D eigenvalue weighted by atomic mass is 9.82. The zero-order valence-electron chi connectivity index (χ0n) is 18.6. The van der Waals surface area contributed by atoms with Crippen molar-refractivity contribution in [2.75, 3.05) is 11.9 Å². The maximum Gasteiger partial charge on any atom is 0.185 e. The van der Waals surface area contributed by atoms with Gasteiger partial charge in [0.05, 0.1) is 17.8 Å². The molecule has 8 nitrogen and oxygen atoms in total. The van der Waals surface area contributed by atoms with Gasteiger partial charge < -0.3 is 15.3 Å². The number of anilines is 1. The van der Waals surface area contributed by atoms with E-state index in [1.165, 1.54) is 11.3 Å². The van der Waals surface area contributed by atoms with E-state index in [1.54, 1.807) is 29.8 Å². The lowest BCUT2D eigenvalue weighted by Crippen LogP contribution is -2.65. The van der Waals surface area contributed by atoms with E-state index in [1.807, 2.05) is 24.9 Å². The highest BCUT2D eigenvalue weighted by atomic mass is 32.1. The van der Waals surface area contributed by atoms with Gasteiger partial charge in [0.25, 0.3) is 0 Å². The predicted molar refractivity (Wildman–Crippen MR) is 124 cm³/mol. The van der Waals surface area contributed by atoms with Gasteiger partial charge in [0.1, 0.15) is 23.0 Å². The van der Waals surface area contributed by atoms with Gasteiger partial charge in [-0.15, -0.1) is 21.5 Å². The SMILES string of the molecule is CN(c1cnc(-c2ccc(-c3nc(C#N)cs3)cc2O)nn1)[C@H]1C[C@]2(C)CC[C@@](C)(N2)[C@H]1F. The van der Waals surface area contributed by atoms with Gasteiger partial charge in [0.15, 0.2) is 17.3 Å². The minimum Gasteiger partial charge on any atom is -0.507 e. The lowest BCUT2D eigenvalue weighted by Gasteiger charge is -2.47. The molecule has 4 heterocycles. The molecule has 0 aliphatic carbocycles. The third kappa shape index (κ3) is 3.71. The van der Waals surface area contributed by atoms with Crippen molar-refractivity contribution in [1.82, 2.24) is 25.5 Å². The number of alkyl halides is 1. The Hall–Kier alpha value is -3.16. The largest absolute Gasteiger partial charge is 0.507 e. The van der Waals surface area contributed by atoms with Crippen molar-refractivity contribution in [3.63, 3.8) is 0 Å². The Labute approximate surface area is 195 Å². The molecule has 170 valence electrons. The summed E-state index contributed by atoms with van der Waals surface area (Å²) in [7, 11) is 1.83. The number of phenolic OH excluding ortho intramolecular Hbond substituents is 1. The van der Waals surface area contributed by atoms with Gasteiger partial charge in [-0.25, -0.2) is 14.4 Å². The van der Waals surface area contributed by atoms with Gasteiger partial charge in [0.2, 0.25) is 0 Å². The molecule has 2 aliphatic rings. The summed E-state index contributed by atoms with van der Waals surface area (Å²) in [5, 5.41) is 33.8. The molecule has 2 aromatic heterocycles. The van der Waals surface area contributed by atoms with Crippen LogP contribution in [0.1, 0.15) is 38.8 Å². The normalized spacial score (nSPS) is 28.5. The molecular weight excluding hydrogens is 441 g/mol. The maximum atomic E-state index is 15.4. The van der Waals surface area contributed by atoms with Crippen molar-refractivity contribution in [1.29, 1.82) is 5.26 Å². The van der Waals surface area contributed by atoms with Crippen molar-refractivity contribution < 1.29 is 9.50 Å². The zero-order valence-corrected chi connectivity index (χ0v) is 19.4. The van der Waals surface area contributed by atoms with Crippen LogP contribution in [0.25, 0.3) is 22.0 Å². The number of rotatable bonds is 4. The van der Waals surface area contributed by atoms with Crippen LogP contribution in [0.4, 0.5) is 10.2 Å². The summed E-state index contributed by atoms with van der Waals surface area (Å²) in [6.45, 7) is 4.10. The molecule has 0 saturated carbocycles. The van der Waals surface area contributed by atoms with Crippen molar-refractivity contribution in [2.45, 2.75) is 56.4 Å². The molecule has 10 heteroatoms. The zero-order chi connectivity index (χ0) is 23.4. The van der Waals surface area contributed by atoms with Gasteiger partial charge in [-0.3, -0.25) is 0 Å². The van der Waals surface area contributed by atoms with Crippen LogP contribution >= 0.6 is 11.3 Å². The van der Waals surface area contributed by atoms with Crippen LogP contribution in [0.2, 0.25) is 0 Å². The van der Waals surface area contributed by atoms with Crippen molar-refractivity contribution in [3.05, 3.63) is 35.5 Å². The number of nitrogens with zero attached hydrogens (tertiary/aromatic N) is 6. The van der Waals surface area contributed by atoms with Crippen LogP contribution in [-0.2, 0) is 0 Å². The Bertz CT molecular complexity index is 1240. The molecule has 0 spiro atoms. The second kappa shape index (κ2) is 7.71. The number of aromatic nitrogens is 4. The second-order valence-electron chi connectivity index (χ2n) is 9.41. The number of thiazole rings is 1. The van der Waals surface area contributed by atoms with E-state index in [4.69, 9.17) is 5.26 Å². The Morgan fingerprint density at radius 1 is 1.30 bits per heavy atom. The topological polar surface area (TPSA) is 111 Å². The second-order valence-corrected chi connectivity index (χ2v) is 10.3. The van der Waals surface area contributed by atoms with E-state index < -0.39 is 11.7 Å². The summed E-state index contributed by atoms with van der Waals surface area (Å²) >= 11 is 1.33. The third-order valence-corrected chi connectivity index (χ3v) is 7.79. The molecular formula is C23H24FN7OS. The summed E-state index contributed by atoms with van der Waals surface area (Å²) in [6.07, 6.45) is 2.97. The average molecular weight is 466 g/mol. The third-order valence-electron chi connectivity index (χ3n) is 6.90. The van der Waals surface area contributed by atoms with Crippen LogP contribution in [0.15, 0.2) is 29.8 Å². The van der Waals surface area contributed by atoms with Crippen LogP contribution < -0.4 is 10.2 Å². The van der Waals surface area contributed by atoms with Crippen molar-refractivity contribution >= 4 is 17.2 Å². The molecule has 1 aromatic carbocycles. The highest BCUT2D eigenvalue weighted by molar-refractivity contribution is 7.13. The van der Waals surface area contributed by atoms with E-state index in [2.05, 4.69) is 32.4 Å². The molecule has 2 bridgehead atoms. The molecule has 3 aromatic rings. The summed E-state index contributed by atoms with van der Waals surface area (Å²) < 4.78 is 15.4. The standard InChI is InChI=1S/C23H24FN7OS/c1-22-6-7-23(2,30-22)19(24)16(9-22)31(3)18-11-26-20(29-28-18)15-5-4-13(8-17(15)32)21-27-14(10-25)12-33-21/h4-5,8,11-12,16,19,30,32H,6-7,9H2,1-3H3/t16-,19-,22-,23+/m0/s1. The number of aromatic hydroxyl groups is 1. The highest BCUT2D eigenvalue weighted by Crippen LogP contribution is 2.45. The average Bonchev–Trinajstić information content (AvgIpc) is 3.39. The molecule has 2 aliphatic heterocycles. The first-order chi connectivity index (χ1) is 15.7. The van der Waals surface area contributed by atoms with E-state index >= 15 is 4.39 Å². The number of hydrogen-bond acceptors (Lipinski definition) is 9. The molecule has 2 fully saturated rings. The summed E-state index contributed by atoms with van der Waals surface area (Å²) in [4.78, 5) is 10.4. The van der Waals surface area contributed by atoms with Gasteiger partial charge in [-0.05, 0) is 45.2 Å². The number of nitrogens with one attached hydrogen (secondary N) is 1. The van der Waals surface area contributed by atoms with Crippen LogP contribution in [0.3, 0.4) is 0 Å². The number of fused-ring (bicyclic) bond motifs is 2. The van der Waals surface area contributed by atoms with E-state index in [-0.39, 0.29) is 23.2 Å². The number of nitriles is 1. The maximum absolute atomic E-state index is 15.4. The molecule has 0 radical (unpaired) electrons. The molecule has 5 rings (SSSR count). The number of hydrogen-bond donors (Lipinski definition) is 2. The smallest absolute Gasteiger partial charge is 0.185 e. The van der Waals surface area contributed by atoms with E-state index in [0.717, 1.165) is 12.8 Å². The van der Waals surface area contributed by atoms with E-state index in [0.29, 0.717) is 34.1 Å². The predicted octanol–water partition coefficient (Wildman–Crippen LogP) is 3.69. The number of phenols is 1. The minimum absolute atomic E-state index is 0.0104. The Kier molecular flexibility index (Phi) is 5.06. The van der Waals surface area contributed by atoms with Gasteiger partial charge in [-0.2, -0.15) is 5.26 Å². The van der Waals surface area contributed by atoms with Crippen LogP contribution in [-0.4, -0.2) is 55.6 Å². The number of piperidine rings is 1. The molecule has 2 saturated heterocycles. The van der Waals surface area contributed by atoms with Gasteiger partial charge in [-0.1, -0.05) is 6.07 Å². The Morgan fingerprint density at radius 3 is 2.79 bits per heavy atom. The van der Waals surface area contributed by atoms with Crippen molar-refractivity contribution in [2.24, 2.45) is 0 Å². The summed E-state index contributed by atoms with van der Waals surface area (Å²) in [5.41, 5.74) is 0.845. The van der Waals surface area contributed by atoms with Gasteiger partial charge >= 0.3 is 0 Å². The molecule has 0 amide bonds. The summed E-state index contributed by atoms with van der Waals surface area (Å²) in [6, 6.07) is 6.73. The van der Waals surface area contributed by atoms with Crippen LogP contribution in [0, 0.1) is 11.3 Å². The van der Waals surface area contributed by atoms with Crippen LogP contribution in [0.5, 0.6) is 5.75 Å². The summed E-state index contributed by atoms with van der Waals surface area (Å²) in [5.74, 6) is 0.751. The molecule has 2 N–H and O–H groups in total. The minimum atomic E-state index is -1.04. The monoisotopic (exact) mass is 465 g/mol. The first-order valence-corrected chi connectivity index (χ1v) is 11.6. The highest BCUT2D eigenvalue weighted by Gasteiger charge is 2.56. The lowest BCUT2D eigenvalue weighted by molar-refractivity contribution is 0.0859. The Morgan fingerprint density at radius 2 is 2.12 bits per heavy atom. The molecule has 4 atom stereocenters. The fourth-order valence-electron chi connectivity index (χ4n) is 5.07. The fourth-order valence-corrected chi connectivity index (χ4v) is 5.81. The fraction of sp³-hybridized carbons (Fsp3) is 0.435. The van der Waals surface area contributed by atoms with Crippen molar-refractivity contribution in [3.8, 4) is 33.8 Å². The van der Waals surface area contributed by atoms with Gasteiger partial charge in [0, 0.05) is 29.1 Å². The molecule has 33 heavy (non-hydrogen) atoms. The number of benzene rings is 1. The first-order valence-electron chi connectivity index (χ1n) is 10.8. The first kappa shape index (κ1) is 21.7. The Balaban J connectivity index is 1.37. The number of halogens is 1. The molecule has 0 unspecified atom stereocenters. The van der Waals surface area contributed by atoms with E-state index in [9.17, 15) is 5.11 Å². The quantitative estimate of drug-likeness (QED) is 0.600.